The Morgan fingerprint density at radius 3 is 2.28 bits per heavy atom. The van der Waals surface area contributed by atoms with Crippen LogP contribution >= 0.6 is 0 Å². The molecular formula is C15H16O3. The molecule has 2 rings (SSSR count). The van der Waals surface area contributed by atoms with Crippen molar-refractivity contribution in [3.8, 4) is 11.5 Å². The van der Waals surface area contributed by atoms with E-state index in [-0.39, 0.29) is 6.61 Å². The van der Waals surface area contributed by atoms with E-state index >= 15 is 0 Å². The maximum Gasteiger partial charge on any atom is 0.133 e. The summed E-state index contributed by atoms with van der Waals surface area (Å²) in [6.45, 7) is 1.62. The normalized spacial score (nSPS) is 12.2. The third-order valence-electron chi connectivity index (χ3n) is 2.73. The molecule has 0 amide bonds. The van der Waals surface area contributed by atoms with Gasteiger partial charge < -0.3 is 14.9 Å². The van der Waals surface area contributed by atoms with Crippen LogP contribution in [0.1, 0.15) is 24.2 Å². The van der Waals surface area contributed by atoms with Gasteiger partial charge in [-0.25, -0.2) is 0 Å². The topological polar surface area (TPSA) is 49.7 Å². The Hall–Kier alpha value is -1.84. The van der Waals surface area contributed by atoms with Crippen molar-refractivity contribution in [1.82, 2.24) is 0 Å². The number of para-hydroxylation sites is 2. The molecular weight excluding hydrogens is 228 g/mol. The largest absolute Gasteiger partial charge is 0.457 e. The second-order valence-corrected chi connectivity index (χ2v) is 4.08. The average molecular weight is 244 g/mol. The van der Waals surface area contributed by atoms with E-state index in [9.17, 15) is 10.2 Å². The Balaban J connectivity index is 2.34. The van der Waals surface area contributed by atoms with E-state index in [4.69, 9.17) is 4.74 Å². The van der Waals surface area contributed by atoms with Crippen molar-refractivity contribution in [3.63, 3.8) is 0 Å². The third kappa shape index (κ3) is 2.70. The van der Waals surface area contributed by atoms with E-state index in [1.165, 1.54) is 0 Å². The van der Waals surface area contributed by atoms with E-state index in [0.29, 0.717) is 11.5 Å². The van der Waals surface area contributed by atoms with Gasteiger partial charge >= 0.3 is 0 Å². The molecule has 0 saturated heterocycles. The number of benzene rings is 2. The maximum atomic E-state index is 9.68. The molecule has 1 atom stereocenters. The molecule has 0 aliphatic carbocycles. The number of aliphatic hydroxyl groups is 2. The van der Waals surface area contributed by atoms with E-state index in [0.717, 1.165) is 11.1 Å². The summed E-state index contributed by atoms with van der Waals surface area (Å²) in [5, 5.41) is 18.9. The van der Waals surface area contributed by atoms with Crippen molar-refractivity contribution >= 4 is 0 Å². The highest BCUT2D eigenvalue weighted by molar-refractivity contribution is 5.41. The zero-order valence-corrected chi connectivity index (χ0v) is 10.2. The monoisotopic (exact) mass is 244 g/mol. The van der Waals surface area contributed by atoms with Gasteiger partial charge in [0.1, 0.15) is 11.5 Å². The van der Waals surface area contributed by atoms with Crippen LogP contribution in [0.15, 0.2) is 48.5 Å². The number of ether oxygens (including phenoxy) is 1. The molecule has 94 valence electrons. The Morgan fingerprint density at radius 1 is 1.00 bits per heavy atom. The zero-order valence-electron chi connectivity index (χ0n) is 10.2. The molecule has 0 aliphatic heterocycles. The van der Waals surface area contributed by atoms with E-state index in [2.05, 4.69) is 0 Å². The Kier molecular flexibility index (Phi) is 3.97. The number of aliphatic hydroxyl groups excluding tert-OH is 2. The fourth-order valence-corrected chi connectivity index (χ4v) is 1.77. The van der Waals surface area contributed by atoms with Crippen molar-refractivity contribution in [2.45, 2.75) is 19.6 Å². The summed E-state index contributed by atoms with van der Waals surface area (Å²) in [4.78, 5) is 0. The highest BCUT2D eigenvalue weighted by Crippen LogP contribution is 2.31. The third-order valence-corrected chi connectivity index (χ3v) is 2.73. The van der Waals surface area contributed by atoms with Crippen LogP contribution < -0.4 is 4.74 Å². The van der Waals surface area contributed by atoms with E-state index in [1.54, 1.807) is 25.1 Å². The van der Waals surface area contributed by atoms with Crippen LogP contribution in [0.4, 0.5) is 0 Å². The zero-order chi connectivity index (χ0) is 13.0. The highest BCUT2D eigenvalue weighted by atomic mass is 16.5. The Morgan fingerprint density at radius 2 is 1.61 bits per heavy atom. The summed E-state index contributed by atoms with van der Waals surface area (Å²) in [6, 6.07) is 14.6. The molecule has 0 saturated carbocycles. The predicted molar refractivity (Wildman–Crippen MR) is 69.5 cm³/mol. The molecule has 2 N–H and O–H groups in total. The van der Waals surface area contributed by atoms with Crippen LogP contribution in [-0.2, 0) is 6.61 Å². The minimum atomic E-state index is -0.595. The first-order valence-corrected chi connectivity index (χ1v) is 5.86. The quantitative estimate of drug-likeness (QED) is 0.869. The van der Waals surface area contributed by atoms with Crippen molar-refractivity contribution in [2.24, 2.45) is 0 Å². The molecule has 0 bridgehead atoms. The molecule has 0 heterocycles. The first-order valence-electron chi connectivity index (χ1n) is 5.86. The predicted octanol–water partition coefficient (Wildman–Crippen LogP) is 3.02. The molecule has 3 heteroatoms. The molecule has 0 unspecified atom stereocenters. The standard InChI is InChI=1S/C15H16O3/c1-11(17)13-7-3-5-9-15(13)18-14-8-4-2-6-12(14)10-16/h2-9,11,16-17H,10H2,1H3/t11-/m1/s1. The average Bonchev–Trinajstić information content (AvgIpc) is 2.40. The SMILES string of the molecule is C[C@@H](O)c1ccccc1Oc1ccccc1CO. The maximum absolute atomic E-state index is 9.68. The molecule has 0 fully saturated rings. The number of hydrogen-bond donors (Lipinski definition) is 2. The lowest BCUT2D eigenvalue weighted by Gasteiger charge is -2.14. The van der Waals surface area contributed by atoms with Gasteiger partial charge in [-0.05, 0) is 19.1 Å². The summed E-state index contributed by atoms with van der Waals surface area (Å²) in [6.07, 6.45) is -0.595. The highest BCUT2D eigenvalue weighted by Gasteiger charge is 2.10. The van der Waals surface area contributed by atoms with Gasteiger partial charge in [0.15, 0.2) is 0 Å². The molecule has 0 spiro atoms. The van der Waals surface area contributed by atoms with Crippen LogP contribution in [0.5, 0.6) is 11.5 Å². The van der Waals surface area contributed by atoms with E-state index in [1.807, 2.05) is 30.3 Å². The van der Waals surface area contributed by atoms with Crippen LogP contribution in [-0.4, -0.2) is 10.2 Å². The summed E-state index contributed by atoms with van der Waals surface area (Å²) in [5.74, 6) is 1.21. The lowest BCUT2D eigenvalue weighted by Crippen LogP contribution is -1.97. The molecule has 0 aliphatic rings. The minimum absolute atomic E-state index is 0.0764. The van der Waals surface area contributed by atoms with Crippen LogP contribution in [0, 0.1) is 0 Å². The fourth-order valence-electron chi connectivity index (χ4n) is 1.77. The van der Waals surface area contributed by atoms with Crippen LogP contribution in [0.2, 0.25) is 0 Å². The summed E-state index contributed by atoms with van der Waals surface area (Å²) < 4.78 is 5.77. The molecule has 0 aromatic heterocycles. The van der Waals surface area contributed by atoms with Crippen molar-refractivity contribution in [1.29, 1.82) is 0 Å². The smallest absolute Gasteiger partial charge is 0.133 e. The number of rotatable bonds is 4. The minimum Gasteiger partial charge on any atom is -0.457 e. The van der Waals surface area contributed by atoms with Gasteiger partial charge in [-0.2, -0.15) is 0 Å². The van der Waals surface area contributed by atoms with Gasteiger partial charge in [0, 0.05) is 11.1 Å². The Bertz CT molecular complexity index is 521. The van der Waals surface area contributed by atoms with Gasteiger partial charge in [-0.1, -0.05) is 36.4 Å². The summed E-state index contributed by atoms with van der Waals surface area (Å²) >= 11 is 0. The summed E-state index contributed by atoms with van der Waals surface area (Å²) in [5.41, 5.74) is 1.45. The fraction of sp³-hybridized carbons (Fsp3) is 0.200. The van der Waals surface area contributed by atoms with Gasteiger partial charge in [0.2, 0.25) is 0 Å². The molecule has 3 nitrogen and oxygen atoms in total. The summed E-state index contributed by atoms with van der Waals surface area (Å²) in [7, 11) is 0. The number of hydrogen-bond acceptors (Lipinski definition) is 3. The van der Waals surface area contributed by atoms with Crippen LogP contribution in [0.3, 0.4) is 0 Å². The second kappa shape index (κ2) is 5.67. The van der Waals surface area contributed by atoms with Crippen LogP contribution in [0.25, 0.3) is 0 Å². The van der Waals surface area contributed by atoms with E-state index < -0.39 is 6.10 Å². The molecule has 2 aromatic carbocycles. The molecule has 2 aromatic rings. The van der Waals surface area contributed by atoms with Crippen molar-refractivity contribution in [3.05, 3.63) is 59.7 Å². The Labute approximate surface area is 106 Å². The van der Waals surface area contributed by atoms with Gasteiger partial charge in [-0.15, -0.1) is 0 Å². The molecule has 18 heavy (non-hydrogen) atoms. The van der Waals surface area contributed by atoms with Gasteiger partial charge in [0.05, 0.1) is 12.7 Å². The second-order valence-electron chi connectivity index (χ2n) is 4.08. The first-order chi connectivity index (χ1) is 8.72. The lowest BCUT2D eigenvalue weighted by molar-refractivity contribution is 0.195. The van der Waals surface area contributed by atoms with Gasteiger partial charge in [0.25, 0.3) is 0 Å². The van der Waals surface area contributed by atoms with Crippen molar-refractivity contribution in [2.75, 3.05) is 0 Å². The lowest BCUT2D eigenvalue weighted by atomic mass is 10.1. The first kappa shape index (κ1) is 12.6. The van der Waals surface area contributed by atoms with Gasteiger partial charge in [-0.3, -0.25) is 0 Å². The van der Waals surface area contributed by atoms with Crippen molar-refractivity contribution < 1.29 is 14.9 Å². The molecule has 0 radical (unpaired) electrons.